The van der Waals surface area contributed by atoms with E-state index in [1.807, 2.05) is 79.7 Å². The Hall–Kier alpha value is -5.54. The average Bonchev–Trinajstić information content (AvgIpc) is 3.77. The van der Waals surface area contributed by atoms with Gasteiger partial charge in [-0.25, -0.2) is 0 Å². The second kappa shape index (κ2) is 11.6. The van der Waals surface area contributed by atoms with Crippen LogP contribution in [0.15, 0.2) is 114 Å². The van der Waals surface area contributed by atoms with Crippen LogP contribution in [0, 0.1) is 30.6 Å². The summed E-state index contributed by atoms with van der Waals surface area (Å²) in [5, 5.41) is 11.1. The molecule has 8 rings (SSSR count). The van der Waals surface area contributed by atoms with E-state index in [1.165, 1.54) is 4.90 Å². The molecule has 1 aromatic heterocycles. The minimum Gasteiger partial charge on any atom is -0.463 e. The van der Waals surface area contributed by atoms with Gasteiger partial charge in [-0.2, -0.15) is 5.01 Å². The maximum atomic E-state index is 15.1. The van der Waals surface area contributed by atoms with Gasteiger partial charge in [0.25, 0.3) is 11.8 Å². The number of benzene rings is 3. The topological polar surface area (TPSA) is 120 Å². The number of allylic oxidation sites excluding steroid dienone is 2. The lowest BCUT2D eigenvalue weighted by Gasteiger charge is -2.49. The van der Waals surface area contributed by atoms with Crippen molar-refractivity contribution in [2.75, 3.05) is 10.3 Å². The Morgan fingerprint density at radius 3 is 2.31 bits per heavy atom. The Morgan fingerprint density at radius 2 is 1.63 bits per heavy atom. The van der Waals surface area contributed by atoms with Crippen molar-refractivity contribution in [2.45, 2.75) is 37.7 Å². The number of furan rings is 1. The zero-order valence-corrected chi connectivity index (χ0v) is 26.9. The number of fused-ring (bicyclic) bond motifs is 4. The molecule has 2 saturated heterocycles. The van der Waals surface area contributed by atoms with Gasteiger partial charge in [0.05, 0.1) is 35.0 Å². The van der Waals surface area contributed by atoms with Gasteiger partial charge in [-0.3, -0.25) is 29.5 Å². The third-order valence-corrected chi connectivity index (χ3v) is 10.9. The summed E-state index contributed by atoms with van der Waals surface area (Å²) in [5.41, 5.74) is 6.08. The molecule has 4 aliphatic rings. The van der Waals surface area contributed by atoms with Crippen molar-refractivity contribution in [2.24, 2.45) is 23.7 Å². The van der Waals surface area contributed by atoms with Crippen molar-refractivity contribution in [1.29, 1.82) is 0 Å². The summed E-state index contributed by atoms with van der Waals surface area (Å²) < 4.78 is 6.23. The summed E-state index contributed by atoms with van der Waals surface area (Å²) in [6.45, 7) is 5.41. The van der Waals surface area contributed by atoms with Gasteiger partial charge in [-0.1, -0.05) is 84.5 Å². The van der Waals surface area contributed by atoms with E-state index >= 15 is 4.79 Å². The van der Waals surface area contributed by atoms with Crippen LogP contribution in [0.4, 0.5) is 11.4 Å². The minimum absolute atomic E-state index is 0.185. The van der Waals surface area contributed by atoms with Gasteiger partial charge in [0.1, 0.15) is 23.5 Å². The van der Waals surface area contributed by atoms with E-state index in [0.29, 0.717) is 34.9 Å². The van der Waals surface area contributed by atoms with Crippen molar-refractivity contribution in [3.8, 4) is 0 Å². The molecule has 9 heteroatoms. The number of carbonyl (C=O) groups excluding carboxylic acids is 4. The largest absolute Gasteiger partial charge is 0.463 e. The molecule has 3 aromatic carbocycles. The Labute approximate surface area is 283 Å². The molecule has 2 N–H and O–H groups in total. The number of anilines is 2. The summed E-state index contributed by atoms with van der Waals surface area (Å²) >= 11 is 0. The normalized spacial score (nSPS) is 27.5. The van der Waals surface area contributed by atoms with Crippen LogP contribution < -0.4 is 10.3 Å². The highest BCUT2D eigenvalue weighted by molar-refractivity contribution is 6.22. The Balaban J connectivity index is 1.29. The van der Waals surface area contributed by atoms with Crippen LogP contribution in [-0.4, -0.2) is 33.7 Å². The fraction of sp³-hybridized carbons (Fsp3) is 0.250. The Bertz CT molecular complexity index is 2030. The molecule has 246 valence electrons. The van der Waals surface area contributed by atoms with Crippen molar-refractivity contribution in [1.82, 2.24) is 5.01 Å². The monoisotopic (exact) mass is 653 g/mol. The smallest absolute Gasteiger partial charge is 0.260 e. The molecule has 0 unspecified atom stereocenters. The summed E-state index contributed by atoms with van der Waals surface area (Å²) in [5.74, 6) is -4.22. The summed E-state index contributed by atoms with van der Waals surface area (Å²) in [7, 11) is 0. The van der Waals surface area contributed by atoms with Crippen molar-refractivity contribution >= 4 is 41.1 Å². The molecule has 3 heterocycles. The second-order valence-electron chi connectivity index (χ2n) is 13.4. The van der Waals surface area contributed by atoms with Gasteiger partial charge in [-0.05, 0) is 73.2 Å². The standard InChI is InChI=1S/C40H35N3O6/c1-3-24-11-15-27(16-12-24)42-36(45)30-19-18-29-31(34(30)38(42)47)21-32-37(46)43(41-26-13-9-23(2)10-14-26)39(48)40(32,25-7-5-4-6-8-25)35(29)33-20-17-28(22-44)49-33/h3-18,20,30-32,34-35,41,44H,1,19,21-22H2,2H3/t30-,31+,32-,34-,35+,40+/m0/s1. The van der Waals surface area contributed by atoms with Crippen molar-refractivity contribution in [3.05, 3.63) is 137 Å². The van der Waals surface area contributed by atoms with Crippen molar-refractivity contribution in [3.63, 3.8) is 0 Å². The average molecular weight is 654 g/mol. The summed E-state index contributed by atoms with van der Waals surface area (Å²) in [4.78, 5) is 59.4. The van der Waals surface area contributed by atoms with Gasteiger partial charge in [0, 0.05) is 0 Å². The third-order valence-electron chi connectivity index (χ3n) is 10.9. The maximum Gasteiger partial charge on any atom is 0.260 e. The second-order valence-corrected chi connectivity index (χ2v) is 13.4. The Morgan fingerprint density at radius 1 is 0.898 bits per heavy atom. The summed E-state index contributed by atoms with van der Waals surface area (Å²) in [6.07, 6.45) is 4.17. The highest BCUT2D eigenvalue weighted by atomic mass is 16.4. The number of aryl methyl sites for hydroxylation is 1. The predicted octanol–water partition coefficient (Wildman–Crippen LogP) is 5.91. The van der Waals surface area contributed by atoms with Crippen LogP contribution in [0.5, 0.6) is 0 Å². The molecule has 0 spiro atoms. The van der Waals surface area contributed by atoms with E-state index in [4.69, 9.17) is 4.42 Å². The molecule has 0 bridgehead atoms. The first-order valence-electron chi connectivity index (χ1n) is 16.5. The van der Waals surface area contributed by atoms with Gasteiger partial charge in [0.15, 0.2) is 0 Å². The number of nitrogens with zero attached hydrogens (tertiary/aromatic N) is 2. The molecule has 4 aromatic rings. The molecule has 6 atom stereocenters. The number of hydrazine groups is 1. The van der Waals surface area contributed by atoms with Crippen LogP contribution in [0.3, 0.4) is 0 Å². The van der Waals surface area contributed by atoms with Gasteiger partial charge in [-0.15, -0.1) is 0 Å². The van der Waals surface area contributed by atoms with Crippen LogP contribution in [0.25, 0.3) is 6.08 Å². The number of hydrogen-bond acceptors (Lipinski definition) is 7. The first-order chi connectivity index (χ1) is 23.8. The number of aliphatic hydroxyl groups is 1. The molecule has 49 heavy (non-hydrogen) atoms. The molecule has 2 aliphatic carbocycles. The van der Waals surface area contributed by atoms with E-state index in [9.17, 15) is 19.5 Å². The molecular weight excluding hydrogens is 618 g/mol. The number of nitrogens with one attached hydrogen (secondary N) is 1. The quantitative estimate of drug-likeness (QED) is 0.188. The highest BCUT2D eigenvalue weighted by Gasteiger charge is 2.71. The van der Waals surface area contributed by atoms with Crippen LogP contribution in [0.1, 0.15) is 47.0 Å². The fourth-order valence-electron chi connectivity index (χ4n) is 8.70. The SMILES string of the molecule is C=Cc1ccc(N2C(=O)[C@H]3[C@H](CC=C4[C@H]3C[C@H]3C(=O)N(Nc5ccc(C)cc5)C(=O)[C@@]3(c3ccccc3)[C@H]4c3ccc(CO)o3)C2=O)cc1. The van der Waals surface area contributed by atoms with Gasteiger partial charge < -0.3 is 9.52 Å². The van der Waals surface area contributed by atoms with E-state index in [0.717, 1.165) is 21.7 Å². The first kappa shape index (κ1) is 30.8. The number of carbonyl (C=O) groups is 4. The van der Waals surface area contributed by atoms with E-state index in [1.54, 1.807) is 30.3 Å². The fourth-order valence-corrected chi connectivity index (χ4v) is 8.70. The first-order valence-corrected chi connectivity index (χ1v) is 16.5. The molecule has 1 saturated carbocycles. The molecule has 0 radical (unpaired) electrons. The zero-order chi connectivity index (χ0) is 34.0. The summed E-state index contributed by atoms with van der Waals surface area (Å²) in [6, 6.07) is 27.2. The third kappa shape index (κ3) is 4.49. The molecule has 3 fully saturated rings. The van der Waals surface area contributed by atoms with E-state index in [2.05, 4.69) is 12.0 Å². The lowest BCUT2D eigenvalue weighted by molar-refractivity contribution is -0.138. The van der Waals surface area contributed by atoms with Gasteiger partial charge in [0.2, 0.25) is 11.8 Å². The molecule has 4 amide bonds. The van der Waals surface area contributed by atoms with Crippen LogP contribution >= 0.6 is 0 Å². The van der Waals surface area contributed by atoms with E-state index in [-0.39, 0.29) is 24.8 Å². The van der Waals surface area contributed by atoms with Crippen LogP contribution in [0.2, 0.25) is 0 Å². The maximum absolute atomic E-state index is 15.1. The number of amides is 4. The Kier molecular flexibility index (Phi) is 7.26. The molecule has 2 aliphatic heterocycles. The highest BCUT2D eigenvalue weighted by Crippen LogP contribution is 2.64. The number of imide groups is 2. The van der Waals surface area contributed by atoms with E-state index < -0.39 is 46.8 Å². The van der Waals surface area contributed by atoms with Gasteiger partial charge >= 0.3 is 0 Å². The lowest BCUT2D eigenvalue weighted by atomic mass is 9.50. The minimum atomic E-state index is -1.43. The molecular formula is C40H35N3O6. The van der Waals surface area contributed by atoms with Crippen molar-refractivity contribution < 1.29 is 28.7 Å². The zero-order valence-electron chi connectivity index (χ0n) is 26.9. The molecule has 9 nitrogen and oxygen atoms in total. The number of aliphatic hydroxyl groups excluding tert-OH is 1. The van der Waals surface area contributed by atoms with Crippen LogP contribution in [-0.2, 0) is 31.2 Å². The number of hydrogen-bond donors (Lipinski definition) is 2. The number of rotatable bonds is 7. The lowest BCUT2D eigenvalue weighted by Crippen LogP contribution is -2.53. The predicted molar refractivity (Wildman–Crippen MR) is 182 cm³/mol.